The first-order valence-electron chi connectivity index (χ1n) is 6.27. The van der Waals surface area contributed by atoms with Crippen LogP contribution in [0, 0.1) is 5.92 Å². The van der Waals surface area contributed by atoms with Gasteiger partial charge in [-0.25, -0.2) is 0 Å². The minimum Gasteiger partial charge on any atom is -0.493 e. The molecule has 1 rings (SSSR count). The molecule has 0 heterocycles. The number of hydrogen-bond acceptors (Lipinski definition) is 3. The zero-order chi connectivity index (χ0) is 13.4. The van der Waals surface area contributed by atoms with E-state index in [0.29, 0.717) is 5.92 Å². The second kappa shape index (κ2) is 7.77. The Morgan fingerprint density at radius 3 is 2.61 bits per heavy atom. The summed E-state index contributed by atoms with van der Waals surface area (Å²) in [6.07, 6.45) is 4.15. The molecule has 0 fully saturated rings. The van der Waals surface area contributed by atoms with Crippen LogP contribution in [0.2, 0.25) is 0 Å². The van der Waals surface area contributed by atoms with Crippen LogP contribution < -0.4 is 14.8 Å². The van der Waals surface area contributed by atoms with E-state index in [1.165, 1.54) is 0 Å². The second-order valence-electron chi connectivity index (χ2n) is 4.54. The molecule has 0 aliphatic heterocycles. The van der Waals surface area contributed by atoms with Gasteiger partial charge < -0.3 is 14.8 Å². The monoisotopic (exact) mass is 249 g/mol. The number of methoxy groups -OCH3 is 2. The molecule has 0 bridgehead atoms. The predicted octanol–water partition coefficient (Wildman–Crippen LogP) is 2.96. The van der Waals surface area contributed by atoms with E-state index in [-0.39, 0.29) is 0 Å². The molecule has 18 heavy (non-hydrogen) atoms. The maximum atomic E-state index is 5.37. The largest absolute Gasteiger partial charge is 0.493 e. The molecule has 0 atom stereocenters. The number of nitrogens with one attached hydrogen (secondary N) is 1. The van der Waals surface area contributed by atoms with E-state index in [0.717, 1.165) is 30.2 Å². The molecule has 0 saturated heterocycles. The molecule has 1 N–H and O–H groups in total. The van der Waals surface area contributed by atoms with Crippen LogP contribution in [0.25, 0.3) is 6.08 Å². The summed E-state index contributed by atoms with van der Waals surface area (Å²) in [5, 5.41) is 3.36. The van der Waals surface area contributed by atoms with Crippen molar-refractivity contribution in [1.82, 2.24) is 5.32 Å². The Balaban J connectivity index is 2.63. The van der Waals surface area contributed by atoms with Gasteiger partial charge in [0, 0.05) is 12.1 Å². The van der Waals surface area contributed by atoms with Crippen molar-refractivity contribution in [3.8, 4) is 11.5 Å². The van der Waals surface area contributed by atoms with Crippen molar-refractivity contribution in [3.05, 3.63) is 29.8 Å². The van der Waals surface area contributed by atoms with Gasteiger partial charge in [-0.15, -0.1) is 0 Å². The van der Waals surface area contributed by atoms with Gasteiger partial charge in [0.25, 0.3) is 0 Å². The maximum absolute atomic E-state index is 5.37. The van der Waals surface area contributed by atoms with Gasteiger partial charge in [0.15, 0.2) is 11.5 Å². The minimum absolute atomic E-state index is 0.671. The van der Waals surface area contributed by atoms with Crippen LogP contribution in [0.5, 0.6) is 11.5 Å². The first kappa shape index (κ1) is 14.6. The normalized spacial score (nSPS) is 11.2. The molecule has 1 aromatic carbocycles. The van der Waals surface area contributed by atoms with E-state index in [4.69, 9.17) is 9.47 Å². The fraction of sp³-hybridized carbons (Fsp3) is 0.467. The summed E-state index contributed by atoms with van der Waals surface area (Å²) in [5.74, 6) is 2.21. The van der Waals surface area contributed by atoms with Gasteiger partial charge in [-0.05, 0) is 18.5 Å². The molecule has 0 spiro atoms. The third-order valence-corrected chi connectivity index (χ3v) is 2.55. The highest BCUT2D eigenvalue weighted by atomic mass is 16.5. The SMILES string of the molecule is COc1cccc(C=CCNCC(C)C)c1OC. The molecule has 3 heteroatoms. The predicted molar refractivity (Wildman–Crippen MR) is 76.3 cm³/mol. The Morgan fingerprint density at radius 2 is 2.00 bits per heavy atom. The molecular formula is C15H23NO2. The van der Waals surface area contributed by atoms with Crippen LogP contribution in [0.1, 0.15) is 19.4 Å². The zero-order valence-corrected chi connectivity index (χ0v) is 11.7. The van der Waals surface area contributed by atoms with Crippen molar-refractivity contribution < 1.29 is 9.47 Å². The molecule has 0 saturated carbocycles. The van der Waals surface area contributed by atoms with Gasteiger partial charge >= 0.3 is 0 Å². The Kier molecular flexibility index (Phi) is 6.29. The fourth-order valence-corrected chi connectivity index (χ4v) is 1.68. The van der Waals surface area contributed by atoms with Gasteiger partial charge in [-0.2, -0.15) is 0 Å². The molecule has 1 aromatic rings. The molecule has 0 aliphatic carbocycles. The van der Waals surface area contributed by atoms with Gasteiger partial charge in [0.2, 0.25) is 0 Å². The van der Waals surface area contributed by atoms with Gasteiger partial charge in [-0.1, -0.05) is 38.1 Å². The first-order chi connectivity index (χ1) is 8.69. The Hall–Kier alpha value is -1.48. The Labute approximate surface area is 110 Å². The van der Waals surface area contributed by atoms with E-state index in [1.807, 2.05) is 18.2 Å². The van der Waals surface area contributed by atoms with E-state index in [1.54, 1.807) is 14.2 Å². The number of benzene rings is 1. The molecular weight excluding hydrogens is 226 g/mol. The summed E-state index contributed by atoms with van der Waals surface area (Å²) in [6.45, 7) is 6.28. The van der Waals surface area contributed by atoms with Crippen molar-refractivity contribution in [3.63, 3.8) is 0 Å². The van der Waals surface area contributed by atoms with Crippen LogP contribution >= 0.6 is 0 Å². The molecule has 0 unspecified atom stereocenters. The van der Waals surface area contributed by atoms with Crippen LogP contribution in [0.4, 0.5) is 0 Å². The summed E-state index contributed by atoms with van der Waals surface area (Å²) >= 11 is 0. The summed E-state index contributed by atoms with van der Waals surface area (Å²) in [7, 11) is 3.31. The molecule has 0 aromatic heterocycles. The first-order valence-corrected chi connectivity index (χ1v) is 6.27. The second-order valence-corrected chi connectivity index (χ2v) is 4.54. The van der Waals surface area contributed by atoms with Gasteiger partial charge in [0.05, 0.1) is 14.2 Å². The summed E-state index contributed by atoms with van der Waals surface area (Å²) in [4.78, 5) is 0. The third kappa shape index (κ3) is 4.41. The standard InChI is InChI=1S/C15H23NO2/c1-12(2)11-16-10-6-8-13-7-5-9-14(17-3)15(13)18-4/h5-9,12,16H,10-11H2,1-4H3. The van der Waals surface area contributed by atoms with Gasteiger partial charge in [-0.3, -0.25) is 0 Å². The Morgan fingerprint density at radius 1 is 1.22 bits per heavy atom. The zero-order valence-electron chi connectivity index (χ0n) is 11.7. The van der Waals surface area contributed by atoms with E-state index < -0.39 is 0 Å². The van der Waals surface area contributed by atoms with Crippen molar-refractivity contribution in [2.75, 3.05) is 27.3 Å². The summed E-state index contributed by atoms with van der Waals surface area (Å²) < 4.78 is 10.6. The molecule has 100 valence electrons. The van der Waals surface area contributed by atoms with Gasteiger partial charge in [0.1, 0.15) is 0 Å². The average molecular weight is 249 g/mol. The molecule has 0 amide bonds. The third-order valence-electron chi connectivity index (χ3n) is 2.55. The molecule has 0 aliphatic rings. The number of hydrogen-bond donors (Lipinski definition) is 1. The van der Waals surface area contributed by atoms with Crippen LogP contribution in [-0.4, -0.2) is 27.3 Å². The average Bonchev–Trinajstić information content (AvgIpc) is 2.37. The molecule has 0 radical (unpaired) electrons. The fourth-order valence-electron chi connectivity index (χ4n) is 1.68. The highest BCUT2D eigenvalue weighted by molar-refractivity contribution is 5.62. The smallest absolute Gasteiger partial charge is 0.167 e. The minimum atomic E-state index is 0.671. The summed E-state index contributed by atoms with van der Waals surface area (Å²) in [6, 6.07) is 5.87. The van der Waals surface area contributed by atoms with Crippen molar-refractivity contribution >= 4 is 6.08 Å². The van der Waals surface area contributed by atoms with Crippen LogP contribution in [0.15, 0.2) is 24.3 Å². The van der Waals surface area contributed by atoms with Crippen LogP contribution in [0.3, 0.4) is 0 Å². The van der Waals surface area contributed by atoms with Crippen LogP contribution in [-0.2, 0) is 0 Å². The number of ether oxygens (including phenoxy) is 2. The lowest BCUT2D eigenvalue weighted by Gasteiger charge is -2.10. The lowest BCUT2D eigenvalue weighted by molar-refractivity contribution is 0.354. The highest BCUT2D eigenvalue weighted by Gasteiger charge is 2.06. The lowest BCUT2D eigenvalue weighted by atomic mass is 10.1. The van der Waals surface area contributed by atoms with Crippen molar-refractivity contribution in [1.29, 1.82) is 0 Å². The number of rotatable bonds is 7. The van der Waals surface area contributed by atoms with E-state index in [2.05, 4.69) is 31.3 Å². The topological polar surface area (TPSA) is 30.5 Å². The lowest BCUT2D eigenvalue weighted by Crippen LogP contribution is -2.19. The van der Waals surface area contributed by atoms with E-state index >= 15 is 0 Å². The summed E-state index contributed by atoms with van der Waals surface area (Å²) in [5.41, 5.74) is 1.03. The quantitative estimate of drug-likeness (QED) is 0.754. The Bertz CT molecular complexity index is 386. The number of para-hydroxylation sites is 1. The maximum Gasteiger partial charge on any atom is 0.167 e. The molecule has 3 nitrogen and oxygen atoms in total. The van der Waals surface area contributed by atoms with E-state index in [9.17, 15) is 0 Å². The van der Waals surface area contributed by atoms with Crippen molar-refractivity contribution in [2.24, 2.45) is 5.92 Å². The van der Waals surface area contributed by atoms with Crippen molar-refractivity contribution in [2.45, 2.75) is 13.8 Å². The highest BCUT2D eigenvalue weighted by Crippen LogP contribution is 2.31.